The van der Waals surface area contributed by atoms with Gasteiger partial charge < -0.3 is 4.74 Å². The Kier molecular flexibility index (Phi) is 5.64. The number of H-pyrrole nitrogens is 1. The van der Waals surface area contributed by atoms with E-state index >= 15 is 0 Å². The van der Waals surface area contributed by atoms with Gasteiger partial charge in [-0.05, 0) is 46.5 Å². The molecule has 1 aliphatic heterocycles. The monoisotopic (exact) mass is 348 g/mol. The third-order valence-electron chi connectivity index (χ3n) is 5.19. The highest BCUT2D eigenvalue weighted by Gasteiger charge is 2.35. The van der Waals surface area contributed by atoms with E-state index < -0.39 is 5.60 Å². The van der Waals surface area contributed by atoms with Crippen molar-refractivity contribution >= 4 is 6.09 Å². The molecule has 25 heavy (non-hydrogen) atoms. The smallest absolute Gasteiger partial charge is 0.410 e. The van der Waals surface area contributed by atoms with Crippen molar-refractivity contribution in [3.05, 3.63) is 11.6 Å². The SMILES string of the molecule is CC(C)(C)OC(=O)N1CCCC1c1nc(C2CCCCCCC2)n[nH]1. The molecule has 2 fully saturated rings. The second-order valence-electron chi connectivity index (χ2n) is 8.45. The number of aromatic nitrogens is 3. The number of ether oxygens (including phenoxy) is 1. The van der Waals surface area contributed by atoms with E-state index in [0.717, 1.165) is 31.0 Å². The zero-order chi connectivity index (χ0) is 17.9. The van der Waals surface area contributed by atoms with Gasteiger partial charge in [0.15, 0.2) is 5.82 Å². The maximum atomic E-state index is 12.5. The number of carbonyl (C=O) groups excluding carboxylic acids is 1. The summed E-state index contributed by atoms with van der Waals surface area (Å²) in [5.41, 5.74) is -0.477. The lowest BCUT2D eigenvalue weighted by Crippen LogP contribution is -2.36. The van der Waals surface area contributed by atoms with Crippen molar-refractivity contribution in [1.29, 1.82) is 0 Å². The highest BCUT2D eigenvalue weighted by molar-refractivity contribution is 5.69. The number of aromatic amines is 1. The van der Waals surface area contributed by atoms with E-state index in [1.807, 2.05) is 20.8 Å². The van der Waals surface area contributed by atoms with Crippen LogP contribution < -0.4 is 0 Å². The molecule has 3 rings (SSSR count). The summed E-state index contributed by atoms with van der Waals surface area (Å²) in [5, 5.41) is 7.63. The number of rotatable bonds is 2. The highest BCUT2D eigenvalue weighted by Crippen LogP contribution is 2.33. The fourth-order valence-electron chi connectivity index (χ4n) is 3.92. The first-order valence-corrected chi connectivity index (χ1v) is 9.86. The zero-order valence-corrected chi connectivity index (χ0v) is 15.9. The van der Waals surface area contributed by atoms with Crippen LogP contribution in [-0.4, -0.2) is 38.3 Å². The van der Waals surface area contributed by atoms with Crippen molar-refractivity contribution in [2.45, 2.75) is 96.1 Å². The fraction of sp³-hybridized carbons (Fsp3) is 0.842. The predicted octanol–water partition coefficient (Wildman–Crippen LogP) is 4.70. The molecule has 1 amide bonds. The summed E-state index contributed by atoms with van der Waals surface area (Å²) in [5.74, 6) is 2.22. The van der Waals surface area contributed by atoms with Crippen molar-refractivity contribution in [3.8, 4) is 0 Å². The third-order valence-corrected chi connectivity index (χ3v) is 5.19. The number of nitrogens with one attached hydrogen (secondary N) is 1. The first-order valence-electron chi connectivity index (χ1n) is 9.86. The van der Waals surface area contributed by atoms with E-state index in [4.69, 9.17) is 9.72 Å². The average Bonchev–Trinajstić information content (AvgIpc) is 3.13. The number of nitrogens with zero attached hydrogens (tertiary/aromatic N) is 3. The van der Waals surface area contributed by atoms with Crippen molar-refractivity contribution in [2.75, 3.05) is 6.54 Å². The van der Waals surface area contributed by atoms with Crippen molar-refractivity contribution < 1.29 is 9.53 Å². The van der Waals surface area contributed by atoms with E-state index in [0.29, 0.717) is 5.92 Å². The summed E-state index contributed by atoms with van der Waals surface area (Å²) in [7, 11) is 0. The molecular formula is C19H32N4O2. The molecule has 1 atom stereocenters. The molecule has 1 aliphatic carbocycles. The Morgan fingerprint density at radius 2 is 1.76 bits per heavy atom. The topological polar surface area (TPSA) is 71.1 Å². The zero-order valence-electron chi connectivity index (χ0n) is 15.9. The summed E-state index contributed by atoms with van der Waals surface area (Å²) < 4.78 is 5.55. The van der Waals surface area contributed by atoms with Crippen LogP contribution in [0.15, 0.2) is 0 Å². The number of hydrogen-bond acceptors (Lipinski definition) is 4. The number of carbonyl (C=O) groups is 1. The molecule has 1 N–H and O–H groups in total. The minimum Gasteiger partial charge on any atom is -0.444 e. The summed E-state index contributed by atoms with van der Waals surface area (Å²) >= 11 is 0. The molecule has 140 valence electrons. The maximum absolute atomic E-state index is 12.5. The Hall–Kier alpha value is -1.59. The summed E-state index contributed by atoms with van der Waals surface area (Å²) in [6.45, 7) is 6.42. The molecule has 0 spiro atoms. The number of hydrogen-bond donors (Lipinski definition) is 1. The van der Waals surface area contributed by atoms with Gasteiger partial charge in [0.25, 0.3) is 0 Å². The van der Waals surface area contributed by atoms with Crippen molar-refractivity contribution in [1.82, 2.24) is 20.1 Å². The molecule has 6 heteroatoms. The quantitative estimate of drug-likeness (QED) is 0.840. The number of amides is 1. The second-order valence-corrected chi connectivity index (χ2v) is 8.45. The molecule has 0 radical (unpaired) electrons. The van der Waals surface area contributed by atoms with Crippen LogP contribution >= 0.6 is 0 Å². The minimum atomic E-state index is -0.477. The Bertz CT molecular complexity index is 570. The Morgan fingerprint density at radius 3 is 2.44 bits per heavy atom. The molecule has 2 aliphatic rings. The van der Waals surface area contributed by atoms with Gasteiger partial charge >= 0.3 is 6.09 Å². The molecule has 1 saturated heterocycles. The van der Waals surface area contributed by atoms with Gasteiger partial charge in [0, 0.05) is 12.5 Å². The molecule has 6 nitrogen and oxygen atoms in total. The minimum absolute atomic E-state index is 0.0374. The molecule has 1 unspecified atom stereocenters. The largest absolute Gasteiger partial charge is 0.444 e. The molecule has 1 aromatic heterocycles. The lowest BCUT2D eigenvalue weighted by Gasteiger charge is -2.27. The van der Waals surface area contributed by atoms with Gasteiger partial charge in [-0.1, -0.05) is 32.1 Å². The van der Waals surface area contributed by atoms with Gasteiger partial charge in [-0.15, -0.1) is 0 Å². The summed E-state index contributed by atoms with van der Waals surface area (Å²) in [4.78, 5) is 19.1. The van der Waals surface area contributed by atoms with Gasteiger partial charge in [-0.25, -0.2) is 9.78 Å². The van der Waals surface area contributed by atoms with Gasteiger partial charge in [0.2, 0.25) is 0 Å². The van der Waals surface area contributed by atoms with E-state index in [-0.39, 0.29) is 12.1 Å². The van der Waals surface area contributed by atoms with Crippen LogP contribution in [0, 0.1) is 0 Å². The van der Waals surface area contributed by atoms with Crippen LogP contribution in [0.3, 0.4) is 0 Å². The normalized spacial score (nSPS) is 23.3. The Balaban J connectivity index is 1.68. The van der Waals surface area contributed by atoms with E-state index in [2.05, 4.69) is 10.2 Å². The number of likely N-dealkylation sites (tertiary alicyclic amines) is 1. The Morgan fingerprint density at radius 1 is 1.08 bits per heavy atom. The van der Waals surface area contributed by atoms with E-state index in [1.54, 1.807) is 4.90 Å². The van der Waals surface area contributed by atoms with Crippen LogP contribution in [0.5, 0.6) is 0 Å². The van der Waals surface area contributed by atoms with Crippen molar-refractivity contribution in [3.63, 3.8) is 0 Å². The standard InChI is InChI=1S/C19H32N4O2/c1-19(2,3)25-18(24)23-13-9-12-15(23)17-20-16(21-22-17)14-10-7-5-4-6-8-11-14/h14-15H,4-13H2,1-3H3,(H,20,21,22). The van der Waals surface area contributed by atoms with Crippen molar-refractivity contribution in [2.24, 2.45) is 0 Å². The third kappa shape index (κ3) is 4.73. The first-order chi connectivity index (χ1) is 11.9. The van der Waals surface area contributed by atoms with Crippen LogP contribution in [0.2, 0.25) is 0 Å². The molecular weight excluding hydrogens is 316 g/mol. The average molecular weight is 348 g/mol. The highest BCUT2D eigenvalue weighted by atomic mass is 16.6. The molecule has 0 aromatic carbocycles. The molecule has 1 saturated carbocycles. The predicted molar refractivity (Wildman–Crippen MR) is 96.4 cm³/mol. The van der Waals surface area contributed by atoms with E-state index in [1.165, 1.54) is 44.9 Å². The summed E-state index contributed by atoms with van der Waals surface area (Å²) in [6, 6.07) is -0.0374. The van der Waals surface area contributed by atoms with E-state index in [9.17, 15) is 4.79 Å². The lowest BCUT2D eigenvalue weighted by atomic mass is 9.91. The maximum Gasteiger partial charge on any atom is 0.410 e. The second kappa shape index (κ2) is 7.75. The van der Waals surface area contributed by atoms with Crippen LogP contribution in [0.4, 0.5) is 4.79 Å². The van der Waals surface area contributed by atoms with Gasteiger partial charge in [-0.2, -0.15) is 5.10 Å². The first kappa shape index (κ1) is 18.2. The molecule has 1 aromatic rings. The molecule has 0 bridgehead atoms. The van der Waals surface area contributed by atoms with Gasteiger partial charge in [0.1, 0.15) is 11.4 Å². The van der Waals surface area contributed by atoms with Crippen LogP contribution in [-0.2, 0) is 4.74 Å². The molecule has 2 heterocycles. The van der Waals surface area contributed by atoms with Gasteiger partial charge in [0.05, 0.1) is 6.04 Å². The van der Waals surface area contributed by atoms with Crippen LogP contribution in [0.25, 0.3) is 0 Å². The van der Waals surface area contributed by atoms with Crippen LogP contribution in [0.1, 0.15) is 102 Å². The fourth-order valence-corrected chi connectivity index (χ4v) is 3.92. The Labute approximate surface area is 150 Å². The summed E-state index contributed by atoms with van der Waals surface area (Å²) in [6.07, 6.45) is 10.5. The lowest BCUT2D eigenvalue weighted by molar-refractivity contribution is 0.0218. The van der Waals surface area contributed by atoms with Gasteiger partial charge in [-0.3, -0.25) is 10.00 Å².